The zero-order chi connectivity index (χ0) is 14.5. The van der Waals surface area contributed by atoms with E-state index in [2.05, 4.69) is 16.9 Å². The molecule has 0 aliphatic carbocycles. The minimum Gasteiger partial charge on any atom is -0.327 e. The molecule has 0 aliphatic heterocycles. The normalized spacial score (nSPS) is 12.3. The van der Waals surface area contributed by atoms with Gasteiger partial charge in [0.2, 0.25) is 0 Å². The van der Waals surface area contributed by atoms with E-state index in [0.717, 1.165) is 23.3 Å². The van der Waals surface area contributed by atoms with Crippen LogP contribution in [0.25, 0.3) is 0 Å². The molecule has 0 fully saturated rings. The summed E-state index contributed by atoms with van der Waals surface area (Å²) < 4.78 is 0. The first-order chi connectivity index (χ1) is 9.58. The molecule has 2 aromatic rings. The topological polar surface area (TPSA) is 71.8 Å². The second-order valence-electron chi connectivity index (χ2n) is 4.47. The molecule has 0 amide bonds. The number of hydrogen-bond acceptors (Lipinski definition) is 4. The van der Waals surface area contributed by atoms with Crippen LogP contribution < -0.4 is 11.3 Å². The first-order valence-corrected chi connectivity index (χ1v) is 7.55. The molecule has 1 aromatic carbocycles. The molecule has 20 heavy (non-hydrogen) atoms. The average molecular weight is 310 g/mol. The van der Waals surface area contributed by atoms with E-state index in [0.29, 0.717) is 10.2 Å². The van der Waals surface area contributed by atoms with E-state index >= 15 is 0 Å². The van der Waals surface area contributed by atoms with Crippen LogP contribution in [0.1, 0.15) is 18.9 Å². The Hall–Kier alpha value is -1.30. The predicted molar refractivity (Wildman–Crippen MR) is 82.4 cm³/mol. The Kier molecular flexibility index (Phi) is 5.23. The van der Waals surface area contributed by atoms with Gasteiger partial charge in [-0.05, 0) is 36.6 Å². The van der Waals surface area contributed by atoms with Gasteiger partial charge in [-0.1, -0.05) is 30.3 Å². The van der Waals surface area contributed by atoms with E-state index < -0.39 is 0 Å². The molecule has 1 atom stereocenters. The van der Waals surface area contributed by atoms with Gasteiger partial charge in [-0.25, -0.2) is 4.98 Å². The highest BCUT2D eigenvalue weighted by atomic mass is 35.5. The number of H-pyrrole nitrogens is 1. The molecule has 1 heterocycles. The highest BCUT2D eigenvalue weighted by Gasteiger charge is 2.10. The summed E-state index contributed by atoms with van der Waals surface area (Å²) in [6.07, 6.45) is 3.14. The largest absolute Gasteiger partial charge is 0.327 e. The third kappa shape index (κ3) is 4.10. The summed E-state index contributed by atoms with van der Waals surface area (Å²) in [6.45, 7) is 2.05. The van der Waals surface area contributed by atoms with Crippen molar-refractivity contribution in [1.82, 2.24) is 9.97 Å². The number of benzene rings is 1. The van der Waals surface area contributed by atoms with Gasteiger partial charge in [0, 0.05) is 28.2 Å². The van der Waals surface area contributed by atoms with E-state index in [9.17, 15) is 4.79 Å². The average Bonchev–Trinajstić information content (AvgIpc) is 2.42. The van der Waals surface area contributed by atoms with Crippen molar-refractivity contribution in [2.45, 2.75) is 35.9 Å². The Balaban J connectivity index is 2.28. The maximum absolute atomic E-state index is 11.3. The van der Waals surface area contributed by atoms with Gasteiger partial charge in [0.05, 0.1) is 0 Å². The molecule has 3 N–H and O–H groups in total. The number of nitrogens with two attached hydrogens (primary N) is 1. The molecule has 1 aromatic heterocycles. The van der Waals surface area contributed by atoms with Gasteiger partial charge in [-0.2, -0.15) is 0 Å². The zero-order valence-corrected chi connectivity index (χ0v) is 12.7. The first-order valence-electron chi connectivity index (χ1n) is 6.35. The SMILES string of the molecule is CCC(N)Cc1cc(Cl)ccc1Sc1nccc(=O)[nH]1. The Morgan fingerprint density at radius 2 is 2.25 bits per heavy atom. The lowest BCUT2D eigenvalue weighted by atomic mass is 10.0. The van der Waals surface area contributed by atoms with Crippen LogP contribution in [0.3, 0.4) is 0 Å². The fourth-order valence-electron chi connectivity index (χ4n) is 1.74. The number of nitrogens with zero attached hydrogens (tertiary/aromatic N) is 1. The predicted octanol–water partition coefficient (Wildman–Crippen LogP) is 2.85. The summed E-state index contributed by atoms with van der Waals surface area (Å²) in [5, 5.41) is 1.24. The number of hydrogen-bond donors (Lipinski definition) is 2. The minimum absolute atomic E-state index is 0.0931. The highest BCUT2D eigenvalue weighted by Crippen LogP contribution is 2.30. The van der Waals surface area contributed by atoms with Crippen molar-refractivity contribution in [3.05, 3.63) is 51.4 Å². The van der Waals surface area contributed by atoms with Gasteiger partial charge in [0.1, 0.15) is 0 Å². The molecule has 0 bridgehead atoms. The number of aromatic nitrogens is 2. The molecule has 1 unspecified atom stereocenters. The lowest BCUT2D eigenvalue weighted by Gasteiger charge is -2.13. The molecule has 0 saturated heterocycles. The molecule has 4 nitrogen and oxygen atoms in total. The second-order valence-corrected chi connectivity index (χ2v) is 5.93. The summed E-state index contributed by atoms with van der Waals surface area (Å²) in [7, 11) is 0. The van der Waals surface area contributed by atoms with E-state index in [1.165, 1.54) is 24.0 Å². The lowest BCUT2D eigenvalue weighted by Crippen LogP contribution is -2.21. The number of halogens is 1. The Bertz CT molecular complexity index is 644. The van der Waals surface area contributed by atoms with Crippen molar-refractivity contribution in [3.8, 4) is 0 Å². The van der Waals surface area contributed by atoms with Gasteiger partial charge in [-0.3, -0.25) is 4.79 Å². The van der Waals surface area contributed by atoms with E-state index in [1.54, 1.807) is 0 Å². The van der Waals surface area contributed by atoms with Crippen LogP contribution in [0.5, 0.6) is 0 Å². The molecule has 0 saturated carbocycles. The summed E-state index contributed by atoms with van der Waals surface area (Å²) in [5.41, 5.74) is 6.92. The van der Waals surface area contributed by atoms with Crippen LogP contribution in [-0.2, 0) is 6.42 Å². The smallest absolute Gasteiger partial charge is 0.251 e. The van der Waals surface area contributed by atoms with Gasteiger partial charge in [0.15, 0.2) is 5.16 Å². The van der Waals surface area contributed by atoms with E-state index in [1.807, 2.05) is 18.2 Å². The summed E-state index contributed by atoms with van der Waals surface area (Å²) in [6, 6.07) is 7.15. The fourth-order valence-corrected chi connectivity index (χ4v) is 2.82. The molecule has 2 rings (SSSR count). The molecule has 0 spiro atoms. The third-order valence-corrected chi connectivity index (χ3v) is 4.14. The first kappa shape index (κ1) is 15.1. The quantitative estimate of drug-likeness (QED) is 0.833. The van der Waals surface area contributed by atoms with Gasteiger partial charge < -0.3 is 10.7 Å². The third-order valence-electron chi connectivity index (χ3n) is 2.88. The fraction of sp³-hybridized carbons (Fsp3) is 0.286. The van der Waals surface area contributed by atoms with Crippen LogP contribution in [0.2, 0.25) is 5.02 Å². The van der Waals surface area contributed by atoms with Crippen LogP contribution in [0, 0.1) is 0 Å². The second kappa shape index (κ2) is 6.92. The monoisotopic (exact) mass is 309 g/mol. The molecular weight excluding hydrogens is 294 g/mol. The molecular formula is C14H16ClN3OS. The van der Waals surface area contributed by atoms with Crippen LogP contribution in [-0.4, -0.2) is 16.0 Å². The van der Waals surface area contributed by atoms with Crippen molar-refractivity contribution in [1.29, 1.82) is 0 Å². The minimum atomic E-state index is -0.164. The molecule has 6 heteroatoms. The number of nitrogens with one attached hydrogen (secondary N) is 1. The van der Waals surface area contributed by atoms with Crippen molar-refractivity contribution in [2.75, 3.05) is 0 Å². The lowest BCUT2D eigenvalue weighted by molar-refractivity contribution is 0.641. The summed E-state index contributed by atoms with van der Waals surface area (Å²) in [4.78, 5) is 19.1. The van der Waals surface area contributed by atoms with Crippen molar-refractivity contribution in [3.63, 3.8) is 0 Å². The van der Waals surface area contributed by atoms with Crippen molar-refractivity contribution in [2.24, 2.45) is 5.73 Å². The molecule has 0 aliphatic rings. The maximum Gasteiger partial charge on any atom is 0.251 e. The van der Waals surface area contributed by atoms with E-state index in [4.69, 9.17) is 17.3 Å². The van der Waals surface area contributed by atoms with Crippen LogP contribution in [0.15, 0.2) is 45.3 Å². The highest BCUT2D eigenvalue weighted by molar-refractivity contribution is 7.99. The van der Waals surface area contributed by atoms with E-state index in [-0.39, 0.29) is 11.6 Å². The Morgan fingerprint density at radius 3 is 2.95 bits per heavy atom. The van der Waals surface area contributed by atoms with Crippen molar-refractivity contribution >= 4 is 23.4 Å². The van der Waals surface area contributed by atoms with Gasteiger partial charge in [-0.15, -0.1) is 0 Å². The Morgan fingerprint density at radius 1 is 1.45 bits per heavy atom. The molecule has 106 valence electrons. The molecule has 0 radical (unpaired) electrons. The number of aromatic amines is 1. The zero-order valence-electron chi connectivity index (χ0n) is 11.1. The maximum atomic E-state index is 11.3. The van der Waals surface area contributed by atoms with Crippen LogP contribution in [0.4, 0.5) is 0 Å². The summed E-state index contributed by atoms with van der Waals surface area (Å²) in [5.74, 6) is 0. The van der Waals surface area contributed by atoms with Gasteiger partial charge >= 0.3 is 0 Å². The Labute approximate surface area is 126 Å². The van der Waals surface area contributed by atoms with Crippen LogP contribution >= 0.6 is 23.4 Å². The number of rotatable bonds is 5. The van der Waals surface area contributed by atoms with Gasteiger partial charge in [0.25, 0.3) is 5.56 Å². The van der Waals surface area contributed by atoms with Crippen molar-refractivity contribution < 1.29 is 0 Å². The standard InChI is InChI=1S/C14H16ClN3OS/c1-2-11(16)8-9-7-10(15)3-4-12(9)20-14-17-6-5-13(19)18-14/h3-7,11H,2,8,16H2,1H3,(H,17,18,19). The summed E-state index contributed by atoms with van der Waals surface area (Å²) >= 11 is 7.46.